The number of nitrogens with zero attached hydrogens (tertiary/aromatic N) is 4. The molecule has 1 unspecified atom stereocenters. The van der Waals surface area contributed by atoms with Crippen LogP contribution in [0.15, 0.2) is 57.6 Å². The number of amides is 1. The van der Waals surface area contributed by atoms with Crippen LogP contribution < -0.4 is 11.2 Å². The number of rotatable bonds is 17. The molecule has 0 aliphatic heterocycles. The van der Waals surface area contributed by atoms with Crippen LogP contribution in [0.3, 0.4) is 0 Å². The fourth-order valence-corrected chi connectivity index (χ4v) is 5.47. The normalized spacial score (nSPS) is 11.7. The molecular formula is C31H40FN5O5S. The number of carbonyl (C=O) groups is 2. The maximum absolute atomic E-state index is 13.4. The van der Waals surface area contributed by atoms with E-state index in [0.29, 0.717) is 23.0 Å². The zero-order chi connectivity index (χ0) is 31.2. The molecule has 0 saturated carbocycles. The average Bonchev–Trinajstić information content (AvgIpc) is 2.99. The van der Waals surface area contributed by atoms with Gasteiger partial charge in [0.2, 0.25) is 5.91 Å². The van der Waals surface area contributed by atoms with Gasteiger partial charge in [-0.15, -0.1) is 0 Å². The van der Waals surface area contributed by atoms with Gasteiger partial charge in [0.05, 0.1) is 13.0 Å². The minimum atomic E-state index is -0.818. The number of unbranched alkanes of at least 4 members (excludes halogenated alkanes) is 5. The van der Waals surface area contributed by atoms with E-state index in [9.17, 15) is 23.6 Å². The van der Waals surface area contributed by atoms with Crippen molar-refractivity contribution in [2.24, 2.45) is 0 Å². The van der Waals surface area contributed by atoms with Crippen LogP contribution in [-0.4, -0.2) is 56.5 Å². The second-order valence-electron chi connectivity index (χ2n) is 10.3. The van der Waals surface area contributed by atoms with Crippen molar-refractivity contribution in [3.8, 4) is 0 Å². The number of thioether (sulfide) groups is 1. The highest BCUT2D eigenvalue weighted by Crippen LogP contribution is 2.27. The molecule has 0 aliphatic rings. The van der Waals surface area contributed by atoms with Gasteiger partial charge >= 0.3 is 11.7 Å². The van der Waals surface area contributed by atoms with Gasteiger partial charge in [0.1, 0.15) is 12.4 Å². The van der Waals surface area contributed by atoms with Crippen LogP contribution in [-0.2, 0) is 26.6 Å². The average molecular weight is 614 g/mol. The fraction of sp³-hybridized carbons (Fsp3) is 0.484. The highest BCUT2D eigenvalue weighted by molar-refractivity contribution is 7.98. The third-order valence-corrected chi connectivity index (χ3v) is 8.05. The van der Waals surface area contributed by atoms with Gasteiger partial charge in [-0.2, -0.15) is 4.98 Å². The third-order valence-electron chi connectivity index (χ3n) is 6.99. The first-order valence-corrected chi connectivity index (χ1v) is 15.6. The van der Waals surface area contributed by atoms with Gasteiger partial charge in [0.25, 0.3) is 5.56 Å². The van der Waals surface area contributed by atoms with Crippen LogP contribution in [0.5, 0.6) is 0 Å². The minimum Gasteiger partial charge on any atom is -0.466 e. The largest absolute Gasteiger partial charge is 0.466 e. The molecular weight excluding hydrogens is 573 g/mol. The summed E-state index contributed by atoms with van der Waals surface area (Å²) in [6, 6.07) is 6.02. The number of aromatic amines is 1. The number of halogens is 1. The van der Waals surface area contributed by atoms with Crippen molar-refractivity contribution in [2.75, 3.05) is 20.2 Å². The van der Waals surface area contributed by atoms with Crippen molar-refractivity contribution in [1.29, 1.82) is 0 Å². The smallest absolute Gasteiger partial charge is 0.344 e. The van der Waals surface area contributed by atoms with E-state index < -0.39 is 23.1 Å². The first-order valence-electron chi connectivity index (χ1n) is 14.6. The first-order chi connectivity index (χ1) is 20.7. The summed E-state index contributed by atoms with van der Waals surface area (Å²) in [6.07, 6.45) is 10.7. The number of ether oxygens (including phenoxy) is 1. The van der Waals surface area contributed by atoms with E-state index in [2.05, 4.69) is 21.9 Å². The standard InChI is InChI=1S/C31H40FN5O5S/c1-4-6-7-8-9-10-15-36(3)27(38)20-37-19-26(25(16-28(39)42-5-2)23-17-33-30(41)34-18-23)29(40)35-31(37)43-21-22-11-13-24(32)14-12-22/h11-14,17-19,25H,4-10,15-16,20-21H2,1-3H3,(H,33,34,41). The summed E-state index contributed by atoms with van der Waals surface area (Å²) in [4.78, 5) is 63.1. The molecule has 0 radical (unpaired) electrons. The lowest BCUT2D eigenvalue weighted by Crippen LogP contribution is -2.33. The number of likely N-dealkylation sites (N-methyl/N-ethyl adjacent to an activating group) is 1. The monoisotopic (exact) mass is 613 g/mol. The second kappa shape index (κ2) is 17.3. The van der Waals surface area contributed by atoms with Crippen molar-refractivity contribution in [3.05, 3.63) is 86.2 Å². The van der Waals surface area contributed by atoms with E-state index in [1.807, 2.05) is 0 Å². The zero-order valence-electron chi connectivity index (χ0n) is 25.0. The fourth-order valence-electron chi connectivity index (χ4n) is 4.55. The van der Waals surface area contributed by atoms with Gasteiger partial charge in [0, 0.05) is 49.4 Å². The maximum atomic E-state index is 13.4. The molecule has 232 valence electrons. The topological polar surface area (TPSA) is 127 Å². The Bertz CT molecular complexity index is 1440. The SMILES string of the molecule is CCCCCCCCN(C)C(=O)Cn1cc(C(CC(=O)OCC)c2cnc(=O)[nH]c2)c(=O)nc1SCc1ccc(F)cc1. The molecule has 1 atom stereocenters. The molecule has 0 spiro atoms. The van der Waals surface area contributed by atoms with E-state index in [1.165, 1.54) is 55.6 Å². The summed E-state index contributed by atoms with van der Waals surface area (Å²) in [5.41, 5.74) is 0.269. The highest BCUT2D eigenvalue weighted by atomic mass is 32.2. The first kappa shape index (κ1) is 33.7. The van der Waals surface area contributed by atoms with Gasteiger partial charge in [-0.3, -0.25) is 14.4 Å². The minimum absolute atomic E-state index is 0.0750. The molecule has 2 heterocycles. The Kier molecular flexibility index (Phi) is 13.6. The van der Waals surface area contributed by atoms with Gasteiger partial charge in [0.15, 0.2) is 5.16 Å². The quantitative estimate of drug-likeness (QED) is 0.101. The van der Waals surface area contributed by atoms with Crippen LogP contribution in [0, 0.1) is 5.82 Å². The molecule has 1 aromatic carbocycles. The molecule has 10 nitrogen and oxygen atoms in total. The Balaban J connectivity index is 1.92. The summed E-state index contributed by atoms with van der Waals surface area (Å²) >= 11 is 1.25. The third kappa shape index (κ3) is 10.8. The van der Waals surface area contributed by atoms with E-state index in [4.69, 9.17) is 4.74 Å². The summed E-state index contributed by atoms with van der Waals surface area (Å²) in [5, 5.41) is 0.314. The van der Waals surface area contributed by atoms with E-state index >= 15 is 0 Å². The molecule has 43 heavy (non-hydrogen) atoms. The molecule has 1 N–H and O–H groups in total. The molecule has 12 heteroatoms. The molecule has 0 bridgehead atoms. The molecule has 2 aromatic heterocycles. The van der Waals surface area contributed by atoms with Gasteiger partial charge < -0.3 is 19.2 Å². The number of aromatic nitrogens is 4. The summed E-state index contributed by atoms with van der Waals surface area (Å²) in [5.74, 6) is -1.46. The second-order valence-corrected chi connectivity index (χ2v) is 11.3. The Hall–Kier alpha value is -3.80. The predicted octanol–water partition coefficient (Wildman–Crippen LogP) is 4.66. The van der Waals surface area contributed by atoms with Gasteiger partial charge in [-0.1, -0.05) is 62.9 Å². The summed E-state index contributed by atoms with van der Waals surface area (Å²) in [7, 11) is 1.76. The molecule has 3 aromatic rings. The van der Waals surface area contributed by atoms with Crippen LogP contribution >= 0.6 is 11.8 Å². The molecule has 0 saturated heterocycles. The lowest BCUT2D eigenvalue weighted by molar-refractivity contribution is -0.143. The number of nitrogens with one attached hydrogen (secondary N) is 1. The number of esters is 1. The Morgan fingerprint density at radius 2 is 1.81 bits per heavy atom. The van der Waals surface area contributed by atoms with Gasteiger partial charge in [-0.05, 0) is 36.6 Å². The number of hydrogen-bond acceptors (Lipinski definition) is 8. The Morgan fingerprint density at radius 1 is 1.09 bits per heavy atom. The maximum Gasteiger partial charge on any atom is 0.344 e. The lowest BCUT2D eigenvalue weighted by atomic mass is 9.92. The van der Waals surface area contributed by atoms with Crippen LogP contribution in [0.25, 0.3) is 0 Å². The van der Waals surface area contributed by atoms with E-state index in [-0.39, 0.29) is 36.9 Å². The number of hydrogen-bond donors (Lipinski definition) is 1. The van der Waals surface area contributed by atoms with E-state index in [0.717, 1.165) is 24.8 Å². The number of benzene rings is 1. The van der Waals surface area contributed by atoms with Crippen molar-refractivity contribution in [3.63, 3.8) is 0 Å². The van der Waals surface area contributed by atoms with Gasteiger partial charge in [-0.25, -0.2) is 14.2 Å². The molecule has 1 amide bonds. The number of carbonyl (C=O) groups excluding carboxylic acids is 2. The summed E-state index contributed by atoms with van der Waals surface area (Å²) < 4.78 is 20.2. The predicted molar refractivity (Wildman–Crippen MR) is 163 cm³/mol. The van der Waals surface area contributed by atoms with Crippen LogP contribution in [0.1, 0.15) is 81.4 Å². The van der Waals surface area contributed by atoms with Crippen molar-refractivity contribution in [1.82, 2.24) is 24.4 Å². The number of H-pyrrole nitrogens is 1. The zero-order valence-corrected chi connectivity index (χ0v) is 25.8. The van der Waals surface area contributed by atoms with Crippen LogP contribution in [0.4, 0.5) is 4.39 Å². The lowest BCUT2D eigenvalue weighted by Gasteiger charge is -2.21. The Morgan fingerprint density at radius 3 is 2.49 bits per heavy atom. The van der Waals surface area contributed by atoms with Crippen molar-refractivity contribution < 1.29 is 18.7 Å². The molecule has 3 rings (SSSR count). The Labute approximate surface area is 255 Å². The summed E-state index contributed by atoms with van der Waals surface area (Å²) in [6.45, 7) is 4.55. The molecule has 0 aliphatic carbocycles. The molecule has 0 fully saturated rings. The van der Waals surface area contributed by atoms with Crippen molar-refractivity contribution >= 4 is 23.6 Å². The highest BCUT2D eigenvalue weighted by Gasteiger charge is 2.25. The van der Waals surface area contributed by atoms with E-state index in [1.54, 1.807) is 41.8 Å². The van der Waals surface area contributed by atoms with Crippen molar-refractivity contribution in [2.45, 2.75) is 82.2 Å². The van der Waals surface area contributed by atoms with Crippen LogP contribution in [0.2, 0.25) is 0 Å².